The maximum Gasteiger partial charge on any atom is 0.422 e. The number of halogens is 6. The smallest absolute Gasteiger partial charge is 0.422 e. The Hall–Kier alpha value is -3.11. The molecule has 31 heavy (non-hydrogen) atoms. The van der Waals surface area contributed by atoms with Crippen LogP contribution in [0.15, 0.2) is 42.5 Å². The van der Waals surface area contributed by atoms with Gasteiger partial charge in [0.1, 0.15) is 5.75 Å². The van der Waals surface area contributed by atoms with Crippen molar-refractivity contribution in [2.75, 3.05) is 25.1 Å². The van der Waals surface area contributed by atoms with E-state index in [0.717, 1.165) is 6.07 Å². The number of anilines is 1. The van der Waals surface area contributed by atoms with Crippen LogP contribution in [0, 0.1) is 0 Å². The van der Waals surface area contributed by atoms with Crippen molar-refractivity contribution in [3.63, 3.8) is 0 Å². The molecule has 0 saturated heterocycles. The Labute approximate surface area is 173 Å². The number of para-hydroxylation sites is 2. The molecule has 5 nitrogen and oxygen atoms in total. The van der Waals surface area contributed by atoms with Crippen LogP contribution in [0.25, 0.3) is 0 Å². The zero-order valence-electron chi connectivity index (χ0n) is 16.3. The van der Waals surface area contributed by atoms with Crippen LogP contribution in [0.4, 0.5) is 32.0 Å². The van der Waals surface area contributed by atoms with Gasteiger partial charge in [0, 0.05) is 0 Å². The molecule has 2 rings (SSSR count). The summed E-state index contributed by atoms with van der Waals surface area (Å²) in [5, 5.41) is 2.14. The van der Waals surface area contributed by atoms with Crippen molar-refractivity contribution in [1.82, 2.24) is 0 Å². The summed E-state index contributed by atoms with van der Waals surface area (Å²) in [4.78, 5) is 12.1. The van der Waals surface area contributed by atoms with Gasteiger partial charge in [-0.3, -0.25) is 4.79 Å². The van der Waals surface area contributed by atoms with Crippen LogP contribution in [0.1, 0.15) is 18.9 Å². The first-order valence-electron chi connectivity index (χ1n) is 9.05. The van der Waals surface area contributed by atoms with Gasteiger partial charge in [-0.1, -0.05) is 12.1 Å². The van der Waals surface area contributed by atoms with Crippen molar-refractivity contribution >= 4 is 11.6 Å². The second kappa shape index (κ2) is 10.3. The molecule has 0 spiro atoms. The first-order valence-corrected chi connectivity index (χ1v) is 9.05. The number of benzene rings is 2. The molecule has 0 fully saturated rings. The average Bonchev–Trinajstić information content (AvgIpc) is 2.67. The number of rotatable bonds is 9. The van der Waals surface area contributed by atoms with Crippen molar-refractivity contribution in [2.24, 2.45) is 0 Å². The fourth-order valence-corrected chi connectivity index (χ4v) is 2.40. The van der Waals surface area contributed by atoms with Gasteiger partial charge in [0.25, 0.3) is 0 Å². The highest BCUT2D eigenvalue weighted by atomic mass is 19.4. The summed E-state index contributed by atoms with van der Waals surface area (Å²) in [6, 6.07) is 8.47. The van der Waals surface area contributed by atoms with Crippen LogP contribution in [0.3, 0.4) is 0 Å². The third-order valence-electron chi connectivity index (χ3n) is 3.71. The topological polar surface area (TPSA) is 56.8 Å². The third kappa shape index (κ3) is 7.91. The van der Waals surface area contributed by atoms with E-state index in [1.807, 2.05) is 0 Å². The normalized spacial score (nSPS) is 11.7. The lowest BCUT2D eigenvalue weighted by molar-refractivity contribution is -0.153. The van der Waals surface area contributed by atoms with Gasteiger partial charge in [-0.25, -0.2) is 0 Å². The van der Waals surface area contributed by atoms with E-state index < -0.39 is 41.9 Å². The molecule has 11 heteroatoms. The number of nitrogens with one attached hydrogen (secondary N) is 1. The quantitative estimate of drug-likeness (QED) is 0.515. The van der Waals surface area contributed by atoms with Crippen molar-refractivity contribution in [3.8, 4) is 17.2 Å². The van der Waals surface area contributed by atoms with Gasteiger partial charge in [-0.2, -0.15) is 26.3 Å². The van der Waals surface area contributed by atoms with Gasteiger partial charge in [-0.15, -0.1) is 0 Å². The summed E-state index contributed by atoms with van der Waals surface area (Å²) in [5.74, 6) is -0.497. The van der Waals surface area contributed by atoms with E-state index in [4.69, 9.17) is 9.47 Å². The second-order valence-electron chi connectivity index (χ2n) is 6.14. The van der Waals surface area contributed by atoms with Crippen LogP contribution in [-0.4, -0.2) is 31.9 Å². The molecule has 1 amide bonds. The molecule has 0 radical (unpaired) electrons. The van der Waals surface area contributed by atoms with Gasteiger partial charge in [0.2, 0.25) is 5.91 Å². The van der Waals surface area contributed by atoms with E-state index in [1.165, 1.54) is 0 Å². The predicted molar refractivity (Wildman–Crippen MR) is 99.3 cm³/mol. The fourth-order valence-electron chi connectivity index (χ4n) is 2.40. The number of amides is 1. The van der Waals surface area contributed by atoms with Crippen LogP contribution in [0.2, 0.25) is 0 Å². The summed E-state index contributed by atoms with van der Waals surface area (Å²) in [6.45, 7) is 0.293. The number of alkyl halides is 6. The van der Waals surface area contributed by atoms with Gasteiger partial charge < -0.3 is 19.5 Å². The molecule has 0 aliphatic carbocycles. The maximum atomic E-state index is 12.9. The van der Waals surface area contributed by atoms with Gasteiger partial charge in [-0.05, 0) is 37.3 Å². The number of hydrogen-bond donors (Lipinski definition) is 1. The molecule has 0 unspecified atom stereocenters. The highest BCUT2D eigenvalue weighted by Crippen LogP contribution is 2.35. The van der Waals surface area contributed by atoms with Gasteiger partial charge in [0.05, 0.1) is 30.9 Å². The summed E-state index contributed by atoms with van der Waals surface area (Å²) < 4.78 is 91.4. The number of carbonyl (C=O) groups is 1. The Balaban J connectivity index is 2.06. The molecule has 0 aliphatic rings. The molecular formula is C20H19F6NO4. The van der Waals surface area contributed by atoms with Crippen LogP contribution < -0.4 is 19.5 Å². The lowest BCUT2D eigenvalue weighted by Gasteiger charge is -2.16. The molecule has 0 bridgehead atoms. The number of ether oxygens (including phenoxy) is 3. The number of carbonyl (C=O) groups excluding carboxylic acids is 1. The molecule has 0 atom stereocenters. The minimum atomic E-state index is -4.76. The van der Waals surface area contributed by atoms with E-state index in [-0.39, 0.29) is 13.0 Å². The second-order valence-corrected chi connectivity index (χ2v) is 6.14. The van der Waals surface area contributed by atoms with Gasteiger partial charge >= 0.3 is 12.4 Å². The minimum absolute atomic E-state index is 0.145. The SMILES string of the molecule is CCOc1ccccc1OCCC(=O)Nc1cc(C(F)(F)F)ccc1OCC(F)(F)F. The minimum Gasteiger partial charge on any atom is -0.490 e. The van der Waals surface area contributed by atoms with E-state index >= 15 is 0 Å². The Morgan fingerprint density at radius 3 is 2.13 bits per heavy atom. The summed E-state index contributed by atoms with van der Waals surface area (Å²) in [6.07, 6.45) is -9.74. The standard InChI is InChI=1S/C20H19F6NO4/c1-2-29-16-5-3-4-6-17(16)30-10-9-18(28)27-14-11-13(20(24,25)26)7-8-15(14)31-12-19(21,22)23/h3-8,11H,2,9-10,12H2,1H3,(H,27,28). The molecule has 0 aliphatic heterocycles. The lowest BCUT2D eigenvalue weighted by Crippen LogP contribution is -2.21. The van der Waals surface area contributed by atoms with E-state index in [2.05, 4.69) is 10.1 Å². The van der Waals surface area contributed by atoms with Gasteiger partial charge in [0.15, 0.2) is 18.1 Å². The van der Waals surface area contributed by atoms with Crippen molar-refractivity contribution < 1.29 is 45.3 Å². The fraction of sp³-hybridized carbons (Fsp3) is 0.350. The predicted octanol–water partition coefficient (Wildman–Crippen LogP) is 5.45. The average molecular weight is 451 g/mol. The molecule has 0 heterocycles. The first-order chi connectivity index (χ1) is 14.5. The highest BCUT2D eigenvalue weighted by Gasteiger charge is 2.32. The molecule has 2 aromatic rings. The summed E-state index contributed by atoms with van der Waals surface area (Å²) >= 11 is 0. The van der Waals surface area contributed by atoms with Crippen molar-refractivity contribution in [2.45, 2.75) is 25.7 Å². The Kier molecular flexibility index (Phi) is 8.01. The monoisotopic (exact) mass is 451 g/mol. The van der Waals surface area contributed by atoms with Crippen LogP contribution in [-0.2, 0) is 11.0 Å². The lowest BCUT2D eigenvalue weighted by atomic mass is 10.1. The Bertz CT molecular complexity index is 883. The summed E-state index contributed by atoms with van der Waals surface area (Å²) in [7, 11) is 0. The summed E-state index contributed by atoms with van der Waals surface area (Å²) in [5.41, 5.74) is -1.68. The molecular weight excluding hydrogens is 432 g/mol. The first kappa shape index (κ1) is 24.2. The Morgan fingerprint density at radius 2 is 1.55 bits per heavy atom. The maximum absolute atomic E-state index is 12.9. The molecule has 0 saturated carbocycles. The van der Waals surface area contributed by atoms with E-state index in [9.17, 15) is 31.1 Å². The molecule has 2 aromatic carbocycles. The third-order valence-corrected chi connectivity index (χ3v) is 3.71. The largest absolute Gasteiger partial charge is 0.490 e. The molecule has 170 valence electrons. The van der Waals surface area contributed by atoms with E-state index in [1.54, 1.807) is 31.2 Å². The van der Waals surface area contributed by atoms with Crippen molar-refractivity contribution in [1.29, 1.82) is 0 Å². The van der Waals surface area contributed by atoms with Crippen molar-refractivity contribution in [3.05, 3.63) is 48.0 Å². The Morgan fingerprint density at radius 1 is 0.903 bits per heavy atom. The highest BCUT2D eigenvalue weighted by molar-refractivity contribution is 5.92. The molecule has 0 aromatic heterocycles. The number of hydrogen-bond acceptors (Lipinski definition) is 4. The zero-order valence-corrected chi connectivity index (χ0v) is 16.3. The van der Waals surface area contributed by atoms with Crippen LogP contribution in [0.5, 0.6) is 17.2 Å². The van der Waals surface area contributed by atoms with Crippen LogP contribution >= 0.6 is 0 Å². The molecule has 1 N–H and O–H groups in total. The van der Waals surface area contributed by atoms with E-state index in [0.29, 0.717) is 30.2 Å². The zero-order chi connectivity index (χ0) is 23.1.